The maximum absolute atomic E-state index is 12.0. The topological polar surface area (TPSA) is 46.5 Å². The Kier molecular flexibility index (Phi) is 4.43. The second kappa shape index (κ2) is 6.26. The van der Waals surface area contributed by atoms with Gasteiger partial charge in [0.15, 0.2) is 17.3 Å². The van der Waals surface area contributed by atoms with Gasteiger partial charge in [0.2, 0.25) is 0 Å². The molecule has 0 saturated carbocycles. The van der Waals surface area contributed by atoms with Crippen molar-refractivity contribution in [1.29, 1.82) is 0 Å². The lowest BCUT2D eigenvalue weighted by molar-refractivity contribution is 0.104. The number of aromatic hydroxyl groups is 1. The number of carbonyl (C=O) groups is 1. The van der Waals surface area contributed by atoms with E-state index in [0.717, 1.165) is 5.56 Å². The highest BCUT2D eigenvalue weighted by Crippen LogP contribution is 2.26. The fraction of sp³-hybridized carbons (Fsp3) is 0.0625. The van der Waals surface area contributed by atoms with E-state index < -0.39 is 0 Å². The number of rotatable bonds is 4. The number of phenols is 1. The Morgan fingerprint density at radius 1 is 1.25 bits per heavy atom. The molecule has 0 amide bonds. The van der Waals surface area contributed by atoms with E-state index in [4.69, 9.17) is 16.3 Å². The summed E-state index contributed by atoms with van der Waals surface area (Å²) in [6.45, 7) is 0. The van der Waals surface area contributed by atoms with Gasteiger partial charge in [0.25, 0.3) is 0 Å². The van der Waals surface area contributed by atoms with Crippen LogP contribution in [0.5, 0.6) is 11.5 Å². The van der Waals surface area contributed by atoms with Gasteiger partial charge in [-0.15, -0.1) is 0 Å². The number of methoxy groups -OCH3 is 1. The van der Waals surface area contributed by atoms with E-state index in [1.54, 1.807) is 42.5 Å². The SMILES string of the molecule is COc1cc(/C=C/C(=O)c2ccccc2Cl)ccc1O. The van der Waals surface area contributed by atoms with Gasteiger partial charge in [0, 0.05) is 5.56 Å². The monoisotopic (exact) mass is 288 g/mol. The van der Waals surface area contributed by atoms with Gasteiger partial charge in [-0.3, -0.25) is 4.79 Å². The first-order valence-corrected chi connectivity index (χ1v) is 6.33. The summed E-state index contributed by atoms with van der Waals surface area (Å²) in [6, 6.07) is 11.7. The molecule has 0 aliphatic carbocycles. The minimum Gasteiger partial charge on any atom is -0.504 e. The van der Waals surface area contributed by atoms with Gasteiger partial charge in [-0.05, 0) is 35.9 Å². The zero-order valence-corrected chi connectivity index (χ0v) is 11.6. The maximum atomic E-state index is 12.0. The summed E-state index contributed by atoms with van der Waals surface area (Å²) in [5.74, 6) is 0.238. The number of carbonyl (C=O) groups excluding carboxylic acids is 1. The van der Waals surface area contributed by atoms with Crippen LogP contribution in [0.2, 0.25) is 5.02 Å². The summed E-state index contributed by atoms with van der Waals surface area (Å²) < 4.78 is 5.01. The Balaban J connectivity index is 2.21. The van der Waals surface area contributed by atoms with Crippen LogP contribution in [0.1, 0.15) is 15.9 Å². The van der Waals surface area contributed by atoms with Gasteiger partial charge >= 0.3 is 0 Å². The third-order valence-corrected chi connectivity index (χ3v) is 3.10. The molecule has 0 spiro atoms. The maximum Gasteiger partial charge on any atom is 0.187 e. The molecule has 0 saturated heterocycles. The van der Waals surface area contributed by atoms with Crippen LogP contribution in [0.4, 0.5) is 0 Å². The van der Waals surface area contributed by atoms with E-state index in [1.165, 1.54) is 19.3 Å². The highest BCUT2D eigenvalue weighted by Gasteiger charge is 2.06. The average molecular weight is 289 g/mol. The molecular formula is C16H13ClO3. The number of hydrogen-bond donors (Lipinski definition) is 1. The molecule has 20 heavy (non-hydrogen) atoms. The van der Waals surface area contributed by atoms with Crippen molar-refractivity contribution in [3.8, 4) is 11.5 Å². The van der Waals surface area contributed by atoms with Crippen LogP contribution in [-0.4, -0.2) is 18.0 Å². The molecule has 2 aromatic rings. The standard InChI is InChI=1S/C16H13ClO3/c1-20-16-10-11(7-9-15(16)19)6-8-14(18)12-4-2-3-5-13(12)17/h2-10,19H,1H3/b8-6+. The lowest BCUT2D eigenvalue weighted by atomic mass is 10.1. The smallest absolute Gasteiger partial charge is 0.187 e. The molecule has 1 N–H and O–H groups in total. The molecule has 0 aliphatic rings. The van der Waals surface area contributed by atoms with Crippen molar-refractivity contribution in [1.82, 2.24) is 0 Å². The number of halogens is 1. The Labute approximate surface area is 122 Å². The summed E-state index contributed by atoms with van der Waals surface area (Å²) in [4.78, 5) is 12.0. The molecule has 0 radical (unpaired) electrons. The van der Waals surface area contributed by atoms with Crippen molar-refractivity contribution in [2.24, 2.45) is 0 Å². The van der Waals surface area contributed by atoms with Crippen molar-refractivity contribution in [3.05, 3.63) is 64.7 Å². The second-order valence-corrected chi connectivity index (χ2v) is 4.52. The molecule has 4 heteroatoms. The summed E-state index contributed by atoms with van der Waals surface area (Å²) in [5.41, 5.74) is 1.20. The van der Waals surface area contributed by atoms with Gasteiger partial charge < -0.3 is 9.84 Å². The van der Waals surface area contributed by atoms with Crippen LogP contribution < -0.4 is 4.74 Å². The van der Waals surface area contributed by atoms with Crippen LogP contribution in [0.15, 0.2) is 48.5 Å². The third kappa shape index (κ3) is 3.19. The number of ketones is 1. The average Bonchev–Trinajstić information content (AvgIpc) is 2.46. The molecule has 2 rings (SSSR count). The molecule has 0 aromatic heterocycles. The molecule has 0 aliphatic heterocycles. The first kappa shape index (κ1) is 14.2. The minimum atomic E-state index is -0.178. The quantitative estimate of drug-likeness (QED) is 0.684. The fourth-order valence-electron chi connectivity index (χ4n) is 1.72. The number of benzene rings is 2. The fourth-order valence-corrected chi connectivity index (χ4v) is 1.95. The van der Waals surface area contributed by atoms with Crippen LogP contribution in [0, 0.1) is 0 Å². The Morgan fingerprint density at radius 3 is 2.70 bits per heavy atom. The highest BCUT2D eigenvalue weighted by atomic mass is 35.5. The molecule has 0 atom stereocenters. The van der Waals surface area contributed by atoms with E-state index in [2.05, 4.69) is 0 Å². The summed E-state index contributed by atoms with van der Waals surface area (Å²) >= 11 is 5.96. The largest absolute Gasteiger partial charge is 0.504 e. The molecule has 0 heterocycles. The van der Waals surface area contributed by atoms with E-state index in [1.807, 2.05) is 0 Å². The lowest BCUT2D eigenvalue weighted by Crippen LogP contribution is -1.94. The zero-order chi connectivity index (χ0) is 14.5. The van der Waals surface area contributed by atoms with Crippen molar-refractivity contribution in [2.45, 2.75) is 0 Å². The van der Waals surface area contributed by atoms with Crippen LogP contribution in [0.25, 0.3) is 6.08 Å². The van der Waals surface area contributed by atoms with Crippen LogP contribution >= 0.6 is 11.6 Å². The number of phenolic OH excluding ortho intramolecular Hbond substituents is 1. The number of allylic oxidation sites excluding steroid dienone is 1. The predicted molar refractivity (Wildman–Crippen MR) is 79.5 cm³/mol. The minimum absolute atomic E-state index is 0.0575. The molecule has 3 nitrogen and oxygen atoms in total. The first-order valence-electron chi connectivity index (χ1n) is 5.96. The summed E-state index contributed by atoms with van der Waals surface area (Å²) in [5, 5.41) is 9.91. The van der Waals surface area contributed by atoms with E-state index >= 15 is 0 Å². The molecule has 0 bridgehead atoms. The second-order valence-electron chi connectivity index (χ2n) is 4.11. The van der Waals surface area contributed by atoms with Crippen LogP contribution in [0.3, 0.4) is 0 Å². The van der Waals surface area contributed by atoms with E-state index in [0.29, 0.717) is 16.3 Å². The molecular weight excluding hydrogens is 276 g/mol. The van der Waals surface area contributed by atoms with Crippen molar-refractivity contribution < 1.29 is 14.6 Å². The summed E-state index contributed by atoms with van der Waals surface area (Å²) in [7, 11) is 1.47. The molecule has 0 fully saturated rings. The van der Waals surface area contributed by atoms with Gasteiger partial charge in [-0.25, -0.2) is 0 Å². The predicted octanol–water partition coefficient (Wildman–Crippen LogP) is 3.95. The van der Waals surface area contributed by atoms with Crippen LogP contribution in [-0.2, 0) is 0 Å². The van der Waals surface area contributed by atoms with Gasteiger partial charge in [-0.1, -0.05) is 35.9 Å². The third-order valence-electron chi connectivity index (χ3n) is 2.77. The Morgan fingerprint density at radius 2 is 2.00 bits per heavy atom. The Hall–Kier alpha value is -2.26. The number of hydrogen-bond acceptors (Lipinski definition) is 3. The van der Waals surface area contributed by atoms with Gasteiger partial charge in [0.05, 0.1) is 12.1 Å². The van der Waals surface area contributed by atoms with Crippen molar-refractivity contribution in [2.75, 3.05) is 7.11 Å². The van der Waals surface area contributed by atoms with Crippen molar-refractivity contribution >= 4 is 23.5 Å². The number of ether oxygens (including phenoxy) is 1. The molecule has 102 valence electrons. The Bertz CT molecular complexity index is 663. The van der Waals surface area contributed by atoms with E-state index in [9.17, 15) is 9.90 Å². The van der Waals surface area contributed by atoms with E-state index in [-0.39, 0.29) is 11.5 Å². The summed E-state index contributed by atoms with van der Waals surface area (Å²) in [6.07, 6.45) is 3.08. The van der Waals surface area contributed by atoms with Crippen molar-refractivity contribution in [3.63, 3.8) is 0 Å². The normalized spacial score (nSPS) is 10.7. The zero-order valence-electron chi connectivity index (χ0n) is 10.8. The van der Waals surface area contributed by atoms with Gasteiger partial charge in [0.1, 0.15) is 0 Å². The molecule has 2 aromatic carbocycles. The lowest BCUT2D eigenvalue weighted by Gasteiger charge is -2.03. The van der Waals surface area contributed by atoms with Gasteiger partial charge in [-0.2, -0.15) is 0 Å². The first-order chi connectivity index (χ1) is 9.61. The molecule has 0 unspecified atom stereocenters. The highest BCUT2D eigenvalue weighted by molar-refractivity contribution is 6.34.